The second-order valence-electron chi connectivity index (χ2n) is 5.14. The minimum atomic E-state index is -0.0738. The zero-order chi connectivity index (χ0) is 15.6. The van der Waals surface area contributed by atoms with Crippen molar-refractivity contribution < 1.29 is 5.11 Å². The van der Waals surface area contributed by atoms with E-state index < -0.39 is 0 Å². The van der Waals surface area contributed by atoms with Crippen molar-refractivity contribution in [3.05, 3.63) is 66.7 Å². The first-order valence-electron chi connectivity index (χ1n) is 7.17. The van der Waals surface area contributed by atoms with Gasteiger partial charge in [0.25, 0.3) is 0 Å². The van der Waals surface area contributed by atoms with Crippen LogP contribution in [0.2, 0.25) is 0 Å². The molecule has 0 saturated heterocycles. The van der Waals surface area contributed by atoms with Crippen LogP contribution in [0.15, 0.2) is 61.2 Å². The van der Waals surface area contributed by atoms with E-state index in [9.17, 15) is 5.11 Å². The molecule has 0 amide bonds. The number of hydrogen-bond acceptors (Lipinski definition) is 5. The normalized spacial score (nSPS) is 11.0. The molecule has 0 fully saturated rings. The summed E-state index contributed by atoms with van der Waals surface area (Å²) in [4.78, 5) is 16.9. The predicted octanol–water partition coefficient (Wildman–Crippen LogP) is 2.64. The molecule has 23 heavy (non-hydrogen) atoms. The maximum absolute atomic E-state index is 10.3. The van der Waals surface area contributed by atoms with Gasteiger partial charge < -0.3 is 9.67 Å². The highest BCUT2D eigenvalue weighted by Crippen LogP contribution is 2.25. The monoisotopic (exact) mass is 303 g/mol. The van der Waals surface area contributed by atoms with E-state index >= 15 is 0 Å². The highest BCUT2D eigenvalue weighted by atomic mass is 16.3. The number of imidazole rings is 1. The summed E-state index contributed by atoms with van der Waals surface area (Å²) in [6, 6.07) is 13.6. The van der Waals surface area contributed by atoms with E-state index in [1.165, 1.54) is 0 Å². The molecular formula is C17H13N5O. The Balaban J connectivity index is 1.78. The van der Waals surface area contributed by atoms with E-state index in [1.54, 1.807) is 30.9 Å². The molecule has 0 aliphatic carbocycles. The largest absolute Gasteiger partial charge is 0.492 e. The van der Waals surface area contributed by atoms with Crippen molar-refractivity contribution in [3.63, 3.8) is 0 Å². The smallest absolute Gasteiger partial charge is 0.241 e. The van der Waals surface area contributed by atoms with Crippen LogP contribution in [0.1, 0.15) is 5.56 Å². The number of fused-ring (bicyclic) bond motifs is 1. The van der Waals surface area contributed by atoms with Gasteiger partial charge in [-0.1, -0.05) is 30.3 Å². The lowest BCUT2D eigenvalue weighted by Gasteiger charge is -2.06. The van der Waals surface area contributed by atoms with Crippen molar-refractivity contribution in [2.75, 3.05) is 0 Å². The van der Waals surface area contributed by atoms with Gasteiger partial charge in [0, 0.05) is 24.5 Å². The maximum Gasteiger partial charge on any atom is 0.241 e. The third-order valence-corrected chi connectivity index (χ3v) is 3.59. The van der Waals surface area contributed by atoms with Crippen LogP contribution < -0.4 is 0 Å². The molecular weight excluding hydrogens is 290 g/mol. The summed E-state index contributed by atoms with van der Waals surface area (Å²) >= 11 is 0. The number of benzene rings is 1. The molecule has 112 valence electrons. The van der Waals surface area contributed by atoms with Gasteiger partial charge in [0.05, 0.1) is 6.33 Å². The molecule has 0 unspecified atom stereocenters. The van der Waals surface area contributed by atoms with Crippen LogP contribution in [0.25, 0.3) is 22.6 Å². The lowest BCUT2D eigenvalue weighted by Crippen LogP contribution is -1.99. The Morgan fingerprint density at radius 1 is 0.957 bits per heavy atom. The van der Waals surface area contributed by atoms with Gasteiger partial charge in [0.1, 0.15) is 0 Å². The first kappa shape index (κ1) is 13.4. The Labute approximate surface area is 132 Å². The summed E-state index contributed by atoms with van der Waals surface area (Å²) in [7, 11) is 0. The van der Waals surface area contributed by atoms with Crippen molar-refractivity contribution in [1.82, 2.24) is 24.5 Å². The van der Waals surface area contributed by atoms with Crippen molar-refractivity contribution in [2.24, 2.45) is 0 Å². The van der Waals surface area contributed by atoms with Gasteiger partial charge in [-0.15, -0.1) is 0 Å². The first-order valence-corrected chi connectivity index (χ1v) is 7.17. The fraction of sp³-hybridized carbons (Fsp3) is 0.0588. The van der Waals surface area contributed by atoms with Gasteiger partial charge in [-0.3, -0.25) is 4.98 Å². The Bertz CT molecular complexity index is 951. The molecule has 0 radical (unpaired) electrons. The molecule has 0 bridgehead atoms. The quantitative estimate of drug-likeness (QED) is 0.629. The second-order valence-corrected chi connectivity index (χ2v) is 5.14. The summed E-state index contributed by atoms with van der Waals surface area (Å²) in [6.07, 6.45) is 4.99. The van der Waals surface area contributed by atoms with Gasteiger partial charge in [0.2, 0.25) is 5.88 Å². The minimum Gasteiger partial charge on any atom is -0.492 e. The third-order valence-electron chi connectivity index (χ3n) is 3.59. The van der Waals surface area contributed by atoms with E-state index in [1.807, 2.05) is 34.9 Å². The lowest BCUT2D eigenvalue weighted by molar-refractivity contribution is 0.456. The lowest BCUT2D eigenvalue weighted by atomic mass is 10.2. The van der Waals surface area contributed by atoms with Gasteiger partial charge in [0.15, 0.2) is 17.0 Å². The van der Waals surface area contributed by atoms with Crippen LogP contribution >= 0.6 is 0 Å². The molecule has 0 spiro atoms. The van der Waals surface area contributed by atoms with Crippen molar-refractivity contribution in [3.8, 4) is 17.3 Å². The van der Waals surface area contributed by atoms with Crippen molar-refractivity contribution in [2.45, 2.75) is 6.54 Å². The summed E-state index contributed by atoms with van der Waals surface area (Å²) in [6.45, 7) is 0.600. The Hall–Kier alpha value is -3.28. The first-order chi connectivity index (χ1) is 11.3. The van der Waals surface area contributed by atoms with E-state index in [2.05, 4.69) is 19.9 Å². The van der Waals surface area contributed by atoms with Gasteiger partial charge in [-0.2, -0.15) is 4.98 Å². The number of pyridine rings is 1. The fourth-order valence-electron chi connectivity index (χ4n) is 2.49. The van der Waals surface area contributed by atoms with Crippen molar-refractivity contribution in [1.29, 1.82) is 0 Å². The van der Waals surface area contributed by atoms with Crippen LogP contribution in [0.3, 0.4) is 0 Å². The molecule has 0 aliphatic heterocycles. The van der Waals surface area contributed by atoms with E-state index in [-0.39, 0.29) is 5.88 Å². The van der Waals surface area contributed by atoms with E-state index in [0.29, 0.717) is 23.5 Å². The Morgan fingerprint density at radius 3 is 2.52 bits per heavy atom. The Kier molecular flexibility index (Phi) is 3.20. The van der Waals surface area contributed by atoms with Crippen LogP contribution in [-0.4, -0.2) is 29.6 Å². The number of nitrogens with zero attached hydrogens (tertiary/aromatic N) is 5. The molecule has 3 aromatic heterocycles. The van der Waals surface area contributed by atoms with Crippen LogP contribution in [0.5, 0.6) is 5.88 Å². The summed E-state index contributed by atoms with van der Waals surface area (Å²) in [5.74, 6) is 0.359. The molecule has 1 N–H and O–H groups in total. The minimum absolute atomic E-state index is 0.0738. The SMILES string of the molecule is Oc1nc(-c2ccncc2)nc2ncn(Cc3ccccc3)c12. The average molecular weight is 303 g/mol. The van der Waals surface area contributed by atoms with E-state index in [4.69, 9.17) is 0 Å². The number of aromatic nitrogens is 5. The molecule has 0 aliphatic rings. The van der Waals surface area contributed by atoms with Gasteiger partial charge >= 0.3 is 0 Å². The molecule has 3 heterocycles. The average Bonchev–Trinajstić information content (AvgIpc) is 3.00. The summed E-state index contributed by atoms with van der Waals surface area (Å²) in [5, 5.41) is 10.3. The van der Waals surface area contributed by atoms with Crippen molar-refractivity contribution >= 4 is 11.2 Å². The highest BCUT2D eigenvalue weighted by Gasteiger charge is 2.14. The molecule has 4 aromatic rings. The molecule has 6 heteroatoms. The van der Waals surface area contributed by atoms with Crippen LogP contribution in [0, 0.1) is 0 Å². The summed E-state index contributed by atoms with van der Waals surface area (Å²) < 4.78 is 1.84. The molecule has 0 atom stereocenters. The Morgan fingerprint density at radius 2 is 1.74 bits per heavy atom. The van der Waals surface area contributed by atoms with Gasteiger partial charge in [-0.05, 0) is 17.7 Å². The number of aromatic hydroxyl groups is 1. The van der Waals surface area contributed by atoms with E-state index in [0.717, 1.165) is 11.1 Å². The standard InChI is InChI=1S/C17H13N5O/c23-17-14-16(20-15(21-17)13-6-8-18-9-7-13)19-11-22(14)10-12-4-2-1-3-5-12/h1-9,11H,10H2,(H,20,21,23). The topological polar surface area (TPSA) is 76.7 Å². The molecule has 1 aromatic carbocycles. The third kappa shape index (κ3) is 2.50. The fourth-order valence-corrected chi connectivity index (χ4v) is 2.49. The predicted molar refractivity (Wildman–Crippen MR) is 85.8 cm³/mol. The zero-order valence-electron chi connectivity index (χ0n) is 12.2. The second kappa shape index (κ2) is 5.49. The highest BCUT2D eigenvalue weighted by molar-refractivity contribution is 5.78. The molecule has 0 saturated carbocycles. The maximum atomic E-state index is 10.3. The van der Waals surface area contributed by atoms with Crippen LogP contribution in [0.4, 0.5) is 0 Å². The number of hydrogen-bond donors (Lipinski definition) is 1. The summed E-state index contributed by atoms with van der Waals surface area (Å²) in [5.41, 5.74) is 2.91. The molecule has 4 rings (SSSR count). The zero-order valence-corrected chi connectivity index (χ0v) is 12.2. The van der Waals surface area contributed by atoms with Crippen LogP contribution in [-0.2, 0) is 6.54 Å². The van der Waals surface area contributed by atoms with Gasteiger partial charge in [-0.25, -0.2) is 9.97 Å². The molecule has 6 nitrogen and oxygen atoms in total. The number of rotatable bonds is 3.